The first kappa shape index (κ1) is 6.86. The van der Waals surface area contributed by atoms with Crippen molar-refractivity contribution < 1.29 is 0 Å². The lowest BCUT2D eigenvalue weighted by molar-refractivity contribution is 0.668. The second-order valence-electron chi connectivity index (χ2n) is 1.88. The Morgan fingerprint density at radius 2 is 2.70 bits per heavy atom. The van der Waals surface area contributed by atoms with E-state index in [1.54, 1.807) is 12.4 Å². The summed E-state index contributed by atoms with van der Waals surface area (Å²) in [7, 11) is 0. The van der Waals surface area contributed by atoms with Gasteiger partial charge >= 0.3 is 0 Å². The summed E-state index contributed by atoms with van der Waals surface area (Å²) < 4.78 is 1.86. The van der Waals surface area contributed by atoms with Crippen LogP contribution in [0.2, 0.25) is 0 Å². The normalized spacial score (nSPS) is 9.30. The van der Waals surface area contributed by atoms with Crippen LogP contribution in [0.25, 0.3) is 0 Å². The maximum absolute atomic E-state index is 4.06. The fraction of sp³-hybridized carbons (Fsp3) is 0.286. The fourth-order valence-electron chi connectivity index (χ4n) is 0.812. The van der Waals surface area contributed by atoms with Crippen molar-refractivity contribution in [1.82, 2.24) is 9.78 Å². The highest BCUT2D eigenvalue weighted by Gasteiger charge is 1.94. The standard InChI is InChI=1S/C7H11N3/c1-3-8-7-5-6-9-10(7)4-2/h3,5-6,8H,1,4H2,2H3. The number of hydrogen-bond donors (Lipinski definition) is 1. The molecule has 1 rings (SSSR count). The SMILES string of the molecule is C=CNc1ccnn1CC. The van der Waals surface area contributed by atoms with Gasteiger partial charge in [-0.05, 0) is 13.1 Å². The Morgan fingerprint density at radius 1 is 1.90 bits per heavy atom. The molecule has 1 N–H and O–H groups in total. The molecule has 0 fully saturated rings. The van der Waals surface area contributed by atoms with Gasteiger partial charge < -0.3 is 5.32 Å². The Kier molecular flexibility index (Phi) is 2.10. The molecule has 0 bridgehead atoms. The van der Waals surface area contributed by atoms with Crippen molar-refractivity contribution in [2.24, 2.45) is 0 Å². The lowest BCUT2D eigenvalue weighted by Gasteiger charge is -2.01. The van der Waals surface area contributed by atoms with Crippen molar-refractivity contribution in [3.63, 3.8) is 0 Å². The zero-order chi connectivity index (χ0) is 7.40. The smallest absolute Gasteiger partial charge is 0.128 e. The van der Waals surface area contributed by atoms with Gasteiger partial charge in [0.15, 0.2) is 0 Å². The summed E-state index contributed by atoms with van der Waals surface area (Å²) in [5.41, 5.74) is 0. The van der Waals surface area contributed by atoms with Gasteiger partial charge in [-0.25, -0.2) is 4.68 Å². The van der Waals surface area contributed by atoms with Gasteiger partial charge in [0.1, 0.15) is 5.82 Å². The van der Waals surface area contributed by atoms with Crippen LogP contribution in [0.1, 0.15) is 6.92 Å². The van der Waals surface area contributed by atoms with Gasteiger partial charge in [-0.3, -0.25) is 0 Å². The molecular formula is C7H11N3. The summed E-state index contributed by atoms with van der Waals surface area (Å²) in [4.78, 5) is 0. The van der Waals surface area contributed by atoms with E-state index in [0.29, 0.717) is 0 Å². The van der Waals surface area contributed by atoms with Crippen molar-refractivity contribution in [1.29, 1.82) is 0 Å². The number of anilines is 1. The molecule has 0 spiro atoms. The molecule has 3 heteroatoms. The first-order chi connectivity index (χ1) is 4.88. The number of nitrogens with one attached hydrogen (secondary N) is 1. The van der Waals surface area contributed by atoms with Crippen molar-refractivity contribution in [2.75, 3.05) is 5.32 Å². The first-order valence-corrected chi connectivity index (χ1v) is 3.27. The predicted octanol–water partition coefficient (Wildman–Crippen LogP) is 1.46. The maximum atomic E-state index is 4.06. The quantitative estimate of drug-likeness (QED) is 0.683. The van der Waals surface area contributed by atoms with Crippen molar-refractivity contribution >= 4 is 5.82 Å². The minimum absolute atomic E-state index is 0.878. The van der Waals surface area contributed by atoms with E-state index in [4.69, 9.17) is 0 Å². The first-order valence-electron chi connectivity index (χ1n) is 3.27. The number of aryl methyl sites for hydroxylation is 1. The van der Waals surface area contributed by atoms with Gasteiger partial charge in [0.05, 0.1) is 6.20 Å². The predicted molar refractivity (Wildman–Crippen MR) is 41.7 cm³/mol. The molecule has 1 aromatic heterocycles. The Morgan fingerprint density at radius 3 is 3.30 bits per heavy atom. The molecule has 3 nitrogen and oxygen atoms in total. The van der Waals surface area contributed by atoms with Crippen LogP contribution in [0.3, 0.4) is 0 Å². The summed E-state index contributed by atoms with van der Waals surface area (Å²) in [6.45, 7) is 6.48. The molecule has 0 aromatic carbocycles. The van der Waals surface area contributed by atoms with Gasteiger partial charge in [-0.15, -0.1) is 0 Å². The van der Waals surface area contributed by atoms with Crippen LogP contribution in [0.15, 0.2) is 25.0 Å². The molecule has 0 atom stereocenters. The van der Waals surface area contributed by atoms with Gasteiger partial charge in [-0.2, -0.15) is 5.10 Å². The fourth-order valence-corrected chi connectivity index (χ4v) is 0.812. The lowest BCUT2D eigenvalue weighted by Crippen LogP contribution is -2.00. The highest BCUT2D eigenvalue weighted by atomic mass is 15.3. The van der Waals surface area contributed by atoms with Crippen LogP contribution < -0.4 is 5.32 Å². The Balaban J connectivity index is 2.79. The molecule has 0 aliphatic rings. The van der Waals surface area contributed by atoms with Crippen molar-refractivity contribution in [3.8, 4) is 0 Å². The Hall–Kier alpha value is -1.25. The molecule has 0 saturated heterocycles. The average molecular weight is 137 g/mol. The molecule has 0 amide bonds. The van der Waals surface area contributed by atoms with Crippen molar-refractivity contribution in [2.45, 2.75) is 13.5 Å². The molecule has 10 heavy (non-hydrogen) atoms. The Bertz CT molecular complexity index is 214. The maximum Gasteiger partial charge on any atom is 0.128 e. The molecule has 1 heterocycles. The third-order valence-corrected chi connectivity index (χ3v) is 1.27. The third kappa shape index (κ3) is 1.18. The monoisotopic (exact) mass is 137 g/mol. The molecule has 1 aromatic rings. The molecule has 0 aliphatic heterocycles. The summed E-state index contributed by atoms with van der Waals surface area (Å²) >= 11 is 0. The van der Waals surface area contributed by atoms with Crippen LogP contribution in [0.4, 0.5) is 5.82 Å². The highest BCUT2D eigenvalue weighted by Crippen LogP contribution is 2.04. The number of aromatic nitrogens is 2. The largest absolute Gasteiger partial charge is 0.347 e. The van der Waals surface area contributed by atoms with Gasteiger partial charge in [0, 0.05) is 12.6 Å². The summed E-state index contributed by atoms with van der Waals surface area (Å²) in [5, 5.41) is 7.03. The van der Waals surface area contributed by atoms with E-state index >= 15 is 0 Å². The minimum atomic E-state index is 0.878. The second-order valence-corrected chi connectivity index (χ2v) is 1.88. The summed E-state index contributed by atoms with van der Waals surface area (Å²) in [6.07, 6.45) is 3.40. The van der Waals surface area contributed by atoms with E-state index in [1.807, 2.05) is 17.7 Å². The third-order valence-electron chi connectivity index (χ3n) is 1.27. The van der Waals surface area contributed by atoms with E-state index in [-0.39, 0.29) is 0 Å². The lowest BCUT2D eigenvalue weighted by atomic mass is 10.6. The number of hydrogen-bond acceptors (Lipinski definition) is 2. The van der Waals surface area contributed by atoms with Gasteiger partial charge in [0.25, 0.3) is 0 Å². The van der Waals surface area contributed by atoms with Crippen LogP contribution in [-0.2, 0) is 6.54 Å². The minimum Gasteiger partial charge on any atom is -0.347 e. The molecule has 54 valence electrons. The van der Waals surface area contributed by atoms with E-state index in [9.17, 15) is 0 Å². The molecule has 0 unspecified atom stereocenters. The summed E-state index contributed by atoms with van der Waals surface area (Å²) in [5.74, 6) is 0.984. The Labute approximate surface area is 60.4 Å². The second kappa shape index (κ2) is 3.06. The van der Waals surface area contributed by atoms with Crippen LogP contribution in [-0.4, -0.2) is 9.78 Å². The van der Waals surface area contributed by atoms with Crippen LogP contribution in [0.5, 0.6) is 0 Å². The van der Waals surface area contributed by atoms with Crippen LogP contribution >= 0.6 is 0 Å². The average Bonchev–Trinajstić information content (AvgIpc) is 2.36. The van der Waals surface area contributed by atoms with E-state index in [2.05, 4.69) is 17.0 Å². The highest BCUT2D eigenvalue weighted by molar-refractivity contribution is 5.36. The summed E-state index contributed by atoms with van der Waals surface area (Å²) in [6, 6.07) is 1.91. The zero-order valence-corrected chi connectivity index (χ0v) is 6.04. The topological polar surface area (TPSA) is 29.9 Å². The zero-order valence-electron chi connectivity index (χ0n) is 6.04. The molecular weight excluding hydrogens is 126 g/mol. The van der Waals surface area contributed by atoms with Crippen molar-refractivity contribution in [3.05, 3.63) is 25.0 Å². The number of rotatable bonds is 3. The van der Waals surface area contributed by atoms with Gasteiger partial charge in [-0.1, -0.05) is 6.58 Å². The molecule has 0 radical (unpaired) electrons. The number of nitrogens with zero attached hydrogens (tertiary/aromatic N) is 2. The molecule has 0 saturated carbocycles. The molecule has 0 aliphatic carbocycles. The van der Waals surface area contributed by atoms with Gasteiger partial charge in [0.2, 0.25) is 0 Å². The van der Waals surface area contributed by atoms with E-state index in [0.717, 1.165) is 12.4 Å². The van der Waals surface area contributed by atoms with Crippen LogP contribution in [0, 0.1) is 0 Å². The van der Waals surface area contributed by atoms with E-state index < -0.39 is 0 Å². The van der Waals surface area contributed by atoms with E-state index in [1.165, 1.54) is 0 Å².